The quantitative estimate of drug-likeness (QED) is 0.256. The molecule has 8 nitrogen and oxygen atoms in total. The van der Waals surface area contributed by atoms with Crippen molar-refractivity contribution in [1.82, 2.24) is 14.8 Å². The molecule has 1 aromatic carbocycles. The molecule has 1 aromatic heterocycles. The Morgan fingerprint density at radius 2 is 1.80 bits per heavy atom. The molecule has 1 saturated heterocycles. The number of nitrogens with zero attached hydrogens (tertiary/aromatic N) is 2. The summed E-state index contributed by atoms with van der Waals surface area (Å²) in [6.07, 6.45) is 0. The number of aliphatic hydroxyl groups excluding tert-OH is 1. The fourth-order valence-electron chi connectivity index (χ4n) is 4.48. The van der Waals surface area contributed by atoms with E-state index in [2.05, 4.69) is 18.8 Å². The molecular weight excluding hydrogens is 446 g/mol. The molecule has 1 aliphatic heterocycles. The molecule has 1 aliphatic rings. The number of benzene rings is 1. The number of hydrogen-bond donors (Lipinski definition) is 2. The van der Waals surface area contributed by atoms with Gasteiger partial charge in [-0.2, -0.15) is 0 Å². The standard InChI is InChI=1S/C27H35N3O5/c1-8-35-27(34)22-16(4)20(17(5)28-22)24(31)21-23(19-11-9-18(10-12-19)15(2)3)30(14-13-29(6)7)26(33)25(21)32/h9-12,15,23,28,31H,8,13-14H2,1-7H3/t23-/m0/s1. The lowest BCUT2D eigenvalue weighted by Gasteiger charge is -2.27. The molecule has 0 aliphatic carbocycles. The molecule has 0 radical (unpaired) electrons. The van der Waals surface area contributed by atoms with Crippen LogP contribution in [0.1, 0.15) is 71.2 Å². The summed E-state index contributed by atoms with van der Waals surface area (Å²) >= 11 is 0. The number of ether oxygens (including phenoxy) is 1. The van der Waals surface area contributed by atoms with E-state index in [0.717, 1.165) is 11.1 Å². The van der Waals surface area contributed by atoms with E-state index in [4.69, 9.17) is 4.74 Å². The van der Waals surface area contributed by atoms with Crippen LogP contribution in [0.3, 0.4) is 0 Å². The lowest BCUT2D eigenvalue weighted by Crippen LogP contribution is -2.35. The van der Waals surface area contributed by atoms with E-state index in [1.54, 1.807) is 20.8 Å². The van der Waals surface area contributed by atoms with E-state index in [-0.39, 0.29) is 23.6 Å². The Bertz CT molecular complexity index is 1160. The van der Waals surface area contributed by atoms with Crippen LogP contribution in [0.4, 0.5) is 0 Å². The molecule has 0 bridgehead atoms. The summed E-state index contributed by atoms with van der Waals surface area (Å²) in [5.74, 6) is -1.90. The average molecular weight is 482 g/mol. The number of aromatic amines is 1. The number of likely N-dealkylation sites (tertiary alicyclic amines) is 1. The third-order valence-corrected chi connectivity index (χ3v) is 6.40. The Morgan fingerprint density at radius 1 is 1.17 bits per heavy atom. The zero-order valence-corrected chi connectivity index (χ0v) is 21.6. The number of amides is 1. The Labute approximate surface area is 206 Å². The van der Waals surface area contributed by atoms with Gasteiger partial charge in [-0.3, -0.25) is 9.59 Å². The molecular formula is C27H35N3O5. The number of ketones is 1. The predicted octanol–water partition coefficient (Wildman–Crippen LogP) is 3.91. The van der Waals surface area contributed by atoms with Gasteiger partial charge >= 0.3 is 5.97 Å². The third-order valence-electron chi connectivity index (χ3n) is 6.40. The van der Waals surface area contributed by atoms with Crippen LogP contribution in [0.5, 0.6) is 0 Å². The van der Waals surface area contributed by atoms with Crippen molar-refractivity contribution in [3.8, 4) is 0 Å². The van der Waals surface area contributed by atoms with Crippen LogP contribution in [-0.4, -0.2) is 71.3 Å². The van der Waals surface area contributed by atoms with Gasteiger partial charge in [-0.1, -0.05) is 38.1 Å². The van der Waals surface area contributed by atoms with Crippen LogP contribution in [-0.2, 0) is 14.3 Å². The first-order valence-corrected chi connectivity index (χ1v) is 11.9. The largest absolute Gasteiger partial charge is 0.507 e. The molecule has 35 heavy (non-hydrogen) atoms. The van der Waals surface area contributed by atoms with Gasteiger partial charge in [0, 0.05) is 24.3 Å². The van der Waals surface area contributed by atoms with E-state index >= 15 is 0 Å². The van der Waals surface area contributed by atoms with Crippen molar-refractivity contribution in [2.24, 2.45) is 0 Å². The number of aryl methyl sites for hydroxylation is 1. The van der Waals surface area contributed by atoms with Gasteiger partial charge in [0.1, 0.15) is 11.5 Å². The Balaban J connectivity index is 2.19. The average Bonchev–Trinajstić information content (AvgIpc) is 3.24. The maximum atomic E-state index is 13.3. The smallest absolute Gasteiger partial charge is 0.355 e. The minimum atomic E-state index is -0.740. The molecule has 2 N–H and O–H groups in total. The predicted molar refractivity (Wildman–Crippen MR) is 134 cm³/mol. The highest BCUT2D eigenvalue weighted by Crippen LogP contribution is 2.41. The van der Waals surface area contributed by atoms with Gasteiger partial charge in [-0.15, -0.1) is 0 Å². The third kappa shape index (κ3) is 5.03. The molecule has 0 unspecified atom stereocenters. The Morgan fingerprint density at radius 3 is 2.34 bits per heavy atom. The van der Waals surface area contributed by atoms with Crippen molar-refractivity contribution in [1.29, 1.82) is 0 Å². The SMILES string of the molecule is CCOC(=O)c1[nH]c(C)c(C(O)=C2C(=O)C(=O)N(CCN(C)C)[C@H]2c2ccc(C(C)C)cc2)c1C. The molecule has 1 atom stereocenters. The summed E-state index contributed by atoms with van der Waals surface area (Å²) in [5.41, 5.74) is 3.42. The number of nitrogens with one attached hydrogen (secondary N) is 1. The fourth-order valence-corrected chi connectivity index (χ4v) is 4.48. The number of Topliss-reactive ketones (excluding diaryl/α,β-unsaturated/α-hetero) is 1. The van der Waals surface area contributed by atoms with Crippen molar-refractivity contribution < 1.29 is 24.2 Å². The molecule has 0 spiro atoms. The first-order valence-electron chi connectivity index (χ1n) is 11.9. The van der Waals surface area contributed by atoms with Gasteiger partial charge in [-0.05, 0) is 57.5 Å². The van der Waals surface area contributed by atoms with Crippen molar-refractivity contribution >= 4 is 23.4 Å². The number of carbonyl (C=O) groups excluding carboxylic acids is 3. The summed E-state index contributed by atoms with van der Waals surface area (Å²) in [7, 11) is 3.79. The lowest BCUT2D eigenvalue weighted by atomic mass is 9.92. The van der Waals surface area contributed by atoms with Gasteiger partial charge in [0.15, 0.2) is 0 Å². The Hall–Kier alpha value is -3.39. The van der Waals surface area contributed by atoms with Gasteiger partial charge < -0.3 is 24.6 Å². The number of carbonyl (C=O) groups is 3. The molecule has 2 heterocycles. The summed E-state index contributed by atoms with van der Waals surface area (Å²) in [4.78, 5) is 45.2. The maximum Gasteiger partial charge on any atom is 0.355 e. The zero-order valence-electron chi connectivity index (χ0n) is 21.6. The number of aliphatic hydroxyl groups is 1. The van der Waals surface area contributed by atoms with E-state index in [9.17, 15) is 19.5 Å². The number of H-pyrrole nitrogens is 1. The summed E-state index contributed by atoms with van der Waals surface area (Å²) < 4.78 is 5.11. The van der Waals surface area contributed by atoms with Crippen molar-refractivity contribution in [2.45, 2.75) is 46.6 Å². The van der Waals surface area contributed by atoms with Crippen LogP contribution in [0.15, 0.2) is 29.8 Å². The molecule has 8 heteroatoms. The molecule has 1 amide bonds. The normalized spacial score (nSPS) is 17.6. The Kier molecular flexibility index (Phi) is 7.85. The molecule has 3 rings (SSSR count). The van der Waals surface area contributed by atoms with Crippen LogP contribution in [0.2, 0.25) is 0 Å². The van der Waals surface area contributed by atoms with Crippen LogP contribution >= 0.6 is 0 Å². The fraction of sp³-hybridized carbons (Fsp3) is 0.444. The second-order valence-corrected chi connectivity index (χ2v) is 9.46. The van der Waals surface area contributed by atoms with Crippen LogP contribution in [0, 0.1) is 13.8 Å². The highest BCUT2D eigenvalue weighted by Gasteiger charge is 2.46. The van der Waals surface area contributed by atoms with Gasteiger partial charge in [0.2, 0.25) is 0 Å². The number of rotatable bonds is 8. The van der Waals surface area contributed by atoms with E-state index in [0.29, 0.717) is 35.8 Å². The van der Waals surface area contributed by atoms with Crippen molar-refractivity contribution in [2.75, 3.05) is 33.8 Å². The minimum absolute atomic E-state index is 0.0201. The van der Waals surface area contributed by atoms with Gasteiger partial charge in [0.05, 0.1) is 18.2 Å². The number of aromatic nitrogens is 1. The van der Waals surface area contributed by atoms with E-state index in [1.807, 2.05) is 43.3 Å². The second kappa shape index (κ2) is 10.5. The summed E-state index contributed by atoms with van der Waals surface area (Å²) in [6, 6.07) is 7.04. The van der Waals surface area contributed by atoms with Crippen molar-refractivity contribution in [3.05, 3.63) is 63.5 Å². The monoisotopic (exact) mass is 481 g/mol. The first-order chi connectivity index (χ1) is 16.5. The number of likely N-dealkylation sites (N-methyl/N-ethyl adjacent to an activating group) is 1. The summed E-state index contributed by atoms with van der Waals surface area (Å²) in [6.45, 7) is 10.4. The molecule has 2 aromatic rings. The van der Waals surface area contributed by atoms with Crippen LogP contribution < -0.4 is 0 Å². The second-order valence-electron chi connectivity index (χ2n) is 9.46. The minimum Gasteiger partial charge on any atom is -0.507 e. The molecule has 188 valence electrons. The molecule has 1 fully saturated rings. The van der Waals surface area contributed by atoms with Crippen LogP contribution in [0.25, 0.3) is 5.76 Å². The first kappa shape index (κ1) is 26.2. The highest BCUT2D eigenvalue weighted by molar-refractivity contribution is 6.46. The summed E-state index contributed by atoms with van der Waals surface area (Å²) in [5, 5.41) is 11.5. The molecule has 0 saturated carbocycles. The van der Waals surface area contributed by atoms with E-state index in [1.165, 1.54) is 4.90 Å². The topological polar surface area (TPSA) is 103 Å². The number of hydrogen-bond acceptors (Lipinski definition) is 6. The van der Waals surface area contributed by atoms with Gasteiger partial charge in [0.25, 0.3) is 11.7 Å². The maximum absolute atomic E-state index is 13.3. The van der Waals surface area contributed by atoms with Crippen molar-refractivity contribution in [3.63, 3.8) is 0 Å². The lowest BCUT2D eigenvalue weighted by molar-refractivity contribution is -0.140. The zero-order chi connectivity index (χ0) is 26.0. The number of esters is 1. The van der Waals surface area contributed by atoms with E-state index < -0.39 is 23.7 Å². The highest BCUT2D eigenvalue weighted by atomic mass is 16.5. The van der Waals surface area contributed by atoms with Gasteiger partial charge in [-0.25, -0.2) is 4.79 Å².